The third-order valence-electron chi connectivity index (χ3n) is 5.97. The fourth-order valence-electron chi connectivity index (χ4n) is 4.01. The average molecular weight is 494 g/mol. The number of nitriles is 1. The van der Waals surface area contributed by atoms with Gasteiger partial charge in [-0.05, 0) is 43.0 Å². The van der Waals surface area contributed by atoms with E-state index in [0.717, 1.165) is 12.8 Å². The van der Waals surface area contributed by atoms with Gasteiger partial charge >= 0.3 is 0 Å². The second kappa shape index (κ2) is 9.20. The maximum Gasteiger partial charge on any atom is 0.236 e. The molecule has 0 spiro atoms. The number of allylic oxidation sites excluding steroid dienone is 2. The van der Waals surface area contributed by atoms with Crippen LogP contribution in [0.3, 0.4) is 0 Å². The number of hydrogen-bond donors (Lipinski definition) is 1. The molecule has 37 heavy (non-hydrogen) atoms. The molecule has 6 rings (SSSR count). The number of benzene rings is 2. The summed E-state index contributed by atoms with van der Waals surface area (Å²) in [6, 6.07) is 15.8. The number of oxazole rings is 1. The molecule has 2 N–H and O–H groups in total. The molecule has 0 bridgehead atoms. The molecule has 1 fully saturated rings. The van der Waals surface area contributed by atoms with Gasteiger partial charge in [0.25, 0.3) is 0 Å². The van der Waals surface area contributed by atoms with Gasteiger partial charge in [0.05, 0.1) is 11.6 Å². The topological polar surface area (TPSA) is 129 Å². The van der Waals surface area contributed by atoms with Crippen molar-refractivity contribution in [2.24, 2.45) is 5.92 Å². The van der Waals surface area contributed by atoms with Crippen molar-refractivity contribution in [3.8, 4) is 28.8 Å². The van der Waals surface area contributed by atoms with Crippen LogP contribution in [0.1, 0.15) is 24.5 Å². The van der Waals surface area contributed by atoms with Crippen molar-refractivity contribution in [3.05, 3.63) is 84.6 Å². The lowest BCUT2D eigenvalue weighted by Gasteiger charge is -2.07. The third kappa shape index (κ3) is 4.50. The van der Waals surface area contributed by atoms with E-state index in [4.69, 9.17) is 14.9 Å². The molecule has 5 aromatic rings. The maximum absolute atomic E-state index is 15.3. The standard InChI is InChI=1S/C27H20FN7O2/c28-22-11-19(36-18-4-2-1-3-5-18)8-9-21(22)24-23-25(30)32-15-33-26(23)35(34-24)14-20-13-31-27(37-20)17(12-29)10-16-6-7-16/h1-5,8-11,13,15-16H,6-7,14H2,(H2,30,32,33)/b17-10+. The molecule has 0 amide bonds. The van der Waals surface area contributed by atoms with Crippen molar-refractivity contribution in [1.29, 1.82) is 5.26 Å². The van der Waals surface area contributed by atoms with Crippen LogP contribution in [-0.2, 0) is 6.54 Å². The van der Waals surface area contributed by atoms with Gasteiger partial charge in [-0.3, -0.25) is 0 Å². The molecule has 9 nitrogen and oxygen atoms in total. The van der Waals surface area contributed by atoms with Gasteiger partial charge in [-0.15, -0.1) is 0 Å². The van der Waals surface area contributed by atoms with Gasteiger partial charge in [-0.1, -0.05) is 24.3 Å². The molecule has 2 aromatic carbocycles. The minimum atomic E-state index is -0.533. The van der Waals surface area contributed by atoms with Crippen molar-refractivity contribution < 1.29 is 13.5 Å². The van der Waals surface area contributed by atoms with E-state index in [-0.39, 0.29) is 23.8 Å². The summed E-state index contributed by atoms with van der Waals surface area (Å²) in [5.41, 5.74) is 7.51. The normalized spacial score (nSPS) is 13.6. The van der Waals surface area contributed by atoms with E-state index < -0.39 is 5.82 Å². The lowest BCUT2D eigenvalue weighted by atomic mass is 10.1. The van der Waals surface area contributed by atoms with Crippen molar-refractivity contribution in [2.75, 3.05) is 5.73 Å². The summed E-state index contributed by atoms with van der Waals surface area (Å²) in [7, 11) is 0. The van der Waals surface area contributed by atoms with Crippen LogP contribution in [0.2, 0.25) is 0 Å². The van der Waals surface area contributed by atoms with E-state index in [1.165, 1.54) is 12.4 Å². The Bertz CT molecular complexity index is 1680. The number of ether oxygens (including phenoxy) is 1. The monoisotopic (exact) mass is 493 g/mol. The number of fused-ring (bicyclic) bond motifs is 1. The average Bonchev–Trinajstić information content (AvgIpc) is 3.48. The van der Waals surface area contributed by atoms with Crippen LogP contribution >= 0.6 is 0 Å². The number of hydrogen-bond acceptors (Lipinski definition) is 8. The van der Waals surface area contributed by atoms with Crippen molar-refractivity contribution in [1.82, 2.24) is 24.7 Å². The Morgan fingerprint density at radius 2 is 2.00 bits per heavy atom. The molecule has 1 saturated carbocycles. The first-order valence-electron chi connectivity index (χ1n) is 11.7. The van der Waals surface area contributed by atoms with Gasteiger partial charge in [-0.2, -0.15) is 10.4 Å². The van der Waals surface area contributed by atoms with Gasteiger partial charge in [0.1, 0.15) is 59.1 Å². The quantitative estimate of drug-likeness (QED) is 0.300. The number of anilines is 1. The molecule has 0 saturated heterocycles. The molecular formula is C27H20FN7O2. The number of para-hydroxylation sites is 1. The van der Waals surface area contributed by atoms with Crippen LogP contribution in [0.25, 0.3) is 27.9 Å². The molecule has 10 heteroatoms. The molecule has 182 valence electrons. The van der Waals surface area contributed by atoms with Gasteiger partial charge in [0.2, 0.25) is 5.89 Å². The highest BCUT2D eigenvalue weighted by Crippen LogP contribution is 2.35. The Morgan fingerprint density at radius 3 is 2.76 bits per heavy atom. The summed E-state index contributed by atoms with van der Waals surface area (Å²) >= 11 is 0. The Morgan fingerprint density at radius 1 is 1.16 bits per heavy atom. The van der Waals surface area contributed by atoms with Crippen LogP contribution < -0.4 is 10.5 Å². The van der Waals surface area contributed by atoms with Crippen molar-refractivity contribution in [3.63, 3.8) is 0 Å². The van der Waals surface area contributed by atoms with Crippen LogP contribution in [0.4, 0.5) is 10.2 Å². The zero-order valence-electron chi connectivity index (χ0n) is 19.5. The number of halogens is 1. The van der Waals surface area contributed by atoms with Gasteiger partial charge in [0, 0.05) is 11.6 Å². The predicted octanol–water partition coefficient (Wildman–Crippen LogP) is 5.36. The second-order valence-corrected chi connectivity index (χ2v) is 8.68. The highest BCUT2D eigenvalue weighted by Gasteiger charge is 2.23. The number of nitrogens with zero attached hydrogens (tertiary/aromatic N) is 6. The summed E-state index contributed by atoms with van der Waals surface area (Å²) in [4.78, 5) is 12.7. The lowest BCUT2D eigenvalue weighted by Crippen LogP contribution is -2.02. The van der Waals surface area contributed by atoms with E-state index >= 15 is 4.39 Å². The molecule has 3 aromatic heterocycles. The van der Waals surface area contributed by atoms with Gasteiger partial charge in [-0.25, -0.2) is 24.0 Å². The Kier molecular flexibility index (Phi) is 5.58. The summed E-state index contributed by atoms with van der Waals surface area (Å²) in [6.07, 6.45) is 6.89. The van der Waals surface area contributed by atoms with Gasteiger partial charge < -0.3 is 14.9 Å². The predicted molar refractivity (Wildman–Crippen MR) is 134 cm³/mol. The van der Waals surface area contributed by atoms with Crippen LogP contribution in [0, 0.1) is 23.1 Å². The Balaban J connectivity index is 1.34. The first kappa shape index (κ1) is 22.4. The van der Waals surface area contributed by atoms with E-state index in [0.29, 0.717) is 45.5 Å². The summed E-state index contributed by atoms with van der Waals surface area (Å²) in [5, 5.41) is 14.5. The largest absolute Gasteiger partial charge is 0.457 e. The maximum atomic E-state index is 15.3. The van der Waals surface area contributed by atoms with Crippen LogP contribution in [-0.4, -0.2) is 24.7 Å². The number of nitrogen functional groups attached to an aromatic ring is 1. The smallest absolute Gasteiger partial charge is 0.236 e. The highest BCUT2D eigenvalue weighted by molar-refractivity contribution is 5.98. The first-order chi connectivity index (χ1) is 18.1. The van der Waals surface area contributed by atoms with Crippen molar-refractivity contribution >= 4 is 22.4 Å². The number of aromatic nitrogens is 5. The van der Waals surface area contributed by atoms with Gasteiger partial charge in [0.15, 0.2) is 5.65 Å². The SMILES string of the molecule is N#C/C(=C\C1CC1)c1ncc(Cn2nc(-c3ccc(Oc4ccccc4)cc3F)c3c(N)ncnc32)o1. The zero-order chi connectivity index (χ0) is 25.4. The fraction of sp³-hybridized carbons (Fsp3) is 0.148. The minimum Gasteiger partial charge on any atom is -0.457 e. The number of nitrogens with two attached hydrogens (primary N) is 1. The number of rotatable bonds is 7. The van der Waals surface area contributed by atoms with Crippen molar-refractivity contribution in [2.45, 2.75) is 19.4 Å². The van der Waals surface area contributed by atoms with E-state index in [2.05, 4.69) is 26.1 Å². The van der Waals surface area contributed by atoms with E-state index in [1.54, 1.807) is 35.1 Å². The Labute approximate surface area is 210 Å². The first-order valence-corrected chi connectivity index (χ1v) is 11.7. The third-order valence-corrected chi connectivity index (χ3v) is 5.97. The Hall–Kier alpha value is -5.04. The molecule has 0 radical (unpaired) electrons. The van der Waals surface area contributed by atoms with E-state index in [1.807, 2.05) is 24.3 Å². The molecule has 0 unspecified atom stereocenters. The van der Waals surface area contributed by atoms with Crippen LogP contribution in [0.15, 0.2) is 71.5 Å². The molecule has 0 atom stereocenters. The van der Waals surface area contributed by atoms with E-state index in [9.17, 15) is 5.26 Å². The zero-order valence-corrected chi connectivity index (χ0v) is 19.5. The summed E-state index contributed by atoms with van der Waals surface area (Å²) < 4.78 is 28.4. The second-order valence-electron chi connectivity index (χ2n) is 8.68. The fourth-order valence-corrected chi connectivity index (χ4v) is 4.01. The molecule has 3 heterocycles. The molecule has 1 aliphatic carbocycles. The highest BCUT2D eigenvalue weighted by atomic mass is 19.1. The molecule has 1 aliphatic rings. The minimum absolute atomic E-state index is 0.152. The lowest BCUT2D eigenvalue weighted by molar-refractivity contribution is 0.470. The summed E-state index contributed by atoms with van der Waals surface area (Å²) in [5.74, 6) is 1.72. The summed E-state index contributed by atoms with van der Waals surface area (Å²) in [6.45, 7) is 0.152. The van der Waals surface area contributed by atoms with Crippen LogP contribution in [0.5, 0.6) is 11.5 Å². The molecule has 0 aliphatic heterocycles. The molecular weight excluding hydrogens is 473 g/mol.